The van der Waals surface area contributed by atoms with Gasteiger partial charge >= 0.3 is 5.97 Å². The Hall–Kier alpha value is -2.86. The number of aliphatic hydroxyl groups excluding tert-OH is 2. The van der Waals surface area contributed by atoms with E-state index in [0.29, 0.717) is 22.5 Å². The maximum atomic E-state index is 12.3. The number of hydrogen-bond donors (Lipinski definition) is 3. The molecule has 0 saturated heterocycles. The molecule has 0 unspecified atom stereocenters. The van der Waals surface area contributed by atoms with Crippen LogP contribution in [0.3, 0.4) is 0 Å². The van der Waals surface area contributed by atoms with Crippen molar-refractivity contribution in [3.8, 4) is 11.3 Å². The van der Waals surface area contributed by atoms with Gasteiger partial charge in [-0.3, -0.25) is 9.59 Å². The van der Waals surface area contributed by atoms with Gasteiger partial charge in [0.15, 0.2) is 5.43 Å². The number of carbonyl (C=O) groups is 1. The number of aliphatic carboxylic acids is 1. The molecule has 0 bridgehead atoms. The first-order valence-electron chi connectivity index (χ1n) is 7.44. The smallest absolute Gasteiger partial charge is 0.305 e. The Morgan fingerprint density at radius 2 is 2.00 bits per heavy atom. The van der Waals surface area contributed by atoms with Gasteiger partial charge in [0.05, 0.1) is 17.7 Å². The molecule has 24 heavy (non-hydrogen) atoms. The molecule has 0 radical (unpaired) electrons. The summed E-state index contributed by atoms with van der Waals surface area (Å²) in [6.07, 6.45) is -1.43. The van der Waals surface area contributed by atoms with Crippen molar-refractivity contribution in [3.63, 3.8) is 0 Å². The summed E-state index contributed by atoms with van der Waals surface area (Å²) < 4.78 is 5.69. The van der Waals surface area contributed by atoms with E-state index >= 15 is 0 Å². The molecule has 6 nitrogen and oxygen atoms in total. The predicted octanol–water partition coefficient (Wildman–Crippen LogP) is 1.68. The predicted molar refractivity (Wildman–Crippen MR) is 88.0 cm³/mol. The summed E-state index contributed by atoms with van der Waals surface area (Å²) >= 11 is 0. The average molecular weight is 328 g/mol. The summed E-state index contributed by atoms with van der Waals surface area (Å²) in [5.74, 6) is -0.423. The van der Waals surface area contributed by atoms with E-state index < -0.39 is 12.1 Å². The first-order chi connectivity index (χ1) is 11.4. The maximum absolute atomic E-state index is 12.3. The standard InChI is InChI=1S/C18H16O6/c1-9(19)17-13-4-2-3-10-5-12(6-11(20)7-16(22)23)24-15(18(10)13)8-14(17)21/h2-5,8,11,19-20H,6-7H2,1H3,(H,22,23)/t11-/m0/s1. The molecule has 3 N–H and O–H groups in total. The second-order valence-electron chi connectivity index (χ2n) is 5.77. The molecule has 0 aromatic heterocycles. The van der Waals surface area contributed by atoms with Gasteiger partial charge in [0.2, 0.25) is 0 Å². The number of aliphatic hydroxyl groups is 2. The van der Waals surface area contributed by atoms with Gasteiger partial charge in [-0.2, -0.15) is 0 Å². The van der Waals surface area contributed by atoms with E-state index in [1.165, 1.54) is 13.0 Å². The van der Waals surface area contributed by atoms with Crippen LogP contribution in [0, 0.1) is 0 Å². The van der Waals surface area contributed by atoms with Crippen LogP contribution in [0.25, 0.3) is 27.9 Å². The van der Waals surface area contributed by atoms with E-state index in [2.05, 4.69) is 0 Å². The van der Waals surface area contributed by atoms with Crippen LogP contribution in [-0.4, -0.2) is 27.4 Å². The van der Waals surface area contributed by atoms with Gasteiger partial charge < -0.3 is 19.7 Å². The Kier molecular flexibility index (Phi) is 3.99. The molecule has 1 aliphatic heterocycles. The third kappa shape index (κ3) is 2.83. The number of carboxylic acid groups (broad SMARTS) is 1. The van der Waals surface area contributed by atoms with E-state index in [1.54, 1.807) is 18.2 Å². The zero-order valence-electron chi connectivity index (χ0n) is 12.9. The summed E-state index contributed by atoms with van der Waals surface area (Å²) in [6.45, 7) is 1.46. The fourth-order valence-electron chi connectivity index (χ4n) is 2.97. The van der Waals surface area contributed by atoms with Gasteiger partial charge in [-0.1, -0.05) is 18.2 Å². The number of benzene rings is 2. The van der Waals surface area contributed by atoms with Crippen molar-refractivity contribution in [3.05, 3.63) is 51.5 Å². The molecule has 1 heterocycles. The third-order valence-electron chi connectivity index (χ3n) is 3.89. The van der Waals surface area contributed by atoms with E-state index in [-0.39, 0.29) is 29.2 Å². The van der Waals surface area contributed by atoms with Gasteiger partial charge in [0, 0.05) is 23.4 Å². The van der Waals surface area contributed by atoms with Crippen LogP contribution in [0.15, 0.2) is 39.5 Å². The molecule has 1 aliphatic carbocycles. The second-order valence-corrected chi connectivity index (χ2v) is 5.77. The number of hydrogen-bond acceptors (Lipinski definition) is 5. The lowest BCUT2D eigenvalue weighted by atomic mass is 9.96. The zero-order chi connectivity index (χ0) is 17.4. The van der Waals surface area contributed by atoms with Crippen LogP contribution >= 0.6 is 0 Å². The van der Waals surface area contributed by atoms with Crippen molar-refractivity contribution >= 4 is 22.5 Å². The summed E-state index contributed by atoms with van der Waals surface area (Å²) in [7, 11) is 0. The van der Waals surface area contributed by atoms with Crippen molar-refractivity contribution in [1.82, 2.24) is 0 Å². The molecule has 0 spiro atoms. The quantitative estimate of drug-likeness (QED) is 0.672. The van der Waals surface area contributed by atoms with Crippen molar-refractivity contribution in [2.24, 2.45) is 0 Å². The Bertz CT molecular complexity index is 996. The van der Waals surface area contributed by atoms with Crippen molar-refractivity contribution in [1.29, 1.82) is 0 Å². The molecule has 1 aromatic rings. The van der Waals surface area contributed by atoms with Crippen molar-refractivity contribution in [2.75, 3.05) is 0 Å². The van der Waals surface area contributed by atoms with E-state index in [9.17, 15) is 19.8 Å². The highest BCUT2D eigenvalue weighted by Gasteiger charge is 2.19. The van der Waals surface area contributed by atoms with Crippen LogP contribution in [-0.2, 0) is 11.2 Å². The molecule has 124 valence electrons. The van der Waals surface area contributed by atoms with Crippen LogP contribution in [0.4, 0.5) is 0 Å². The maximum Gasteiger partial charge on any atom is 0.305 e. The van der Waals surface area contributed by atoms with Gasteiger partial charge in [-0.25, -0.2) is 0 Å². The molecule has 2 aliphatic rings. The monoisotopic (exact) mass is 328 g/mol. The highest BCUT2D eigenvalue weighted by Crippen LogP contribution is 2.31. The zero-order valence-corrected chi connectivity index (χ0v) is 12.9. The summed E-state index contributed by atoms with van der Waals surface area (Å²) in [5, 5.41) is 29.9. The summed E-state index contributed by atoms with van der Waals surface area (Å²) in [4.78, 5) is 22.9. The minimum atomic E-state index is -1.10. The molecule has 1 aromatic carbocycles. The van der Waals surface area contributed by atoms with E-state index in [1.807, 2.05) is 6.07 Å². The first kappa shape index (κ1) is 16.0. The number of carboxylic acids is 1. The molecule has 0 fully saturated rings. The Morgan fingerprint density at radius 3 is 2.67 bits per heavy atom. The largest absolute Gasteiger partial charge is 0.512 e. The van der Waals surface area contributed by atoms with E-state index in [4.69, 9.17) is 9.52 Å². The highest BCUT2D eigenvalue weighted by molar-refractivity contribution is 5.96. The topological polar surface area (TPSA) is 108 Å². The SMILES string of the molecule is CC(O)=c1c(=O)cc2oc(C[C@H](O)CC(=O)O)cc3cccc1c3-2. The van der Waals surface area contributed by atoms with Crippen LogP contribution in [0.5, 0.6) is 0 Å². The molecular weight excluding hydrogens is 312 g/mol. The summed E-state index contributed by atoms with van der Waals surface area (Å²) in [6, 6.07) is 8.35. The molecule has 3 rings (SSSR count). The Labute approximate surface area is 136 Å². The first-order valence-corrected chi connectivity index (χ1v) is 7.44. The third-order valence-corrected chi connectivity index (χ3v) is 3.89. The minimum absolute atomic E-state index is 0.0310. The number of rotatable bonds is 4. The lowest BCUT2D eigenvalue weighted by molar-refractivity contribution is -0.139. The average Bonchev–Trinajstić information content (AvgIpc) is 2.45. The van der Waals surface area contributed by atoms with Crippen molar-refractivity contribution < 1.29 is 24.5 Å². The van der Waals surface area contributed by atoms with Gasteiger partial charge in [0.1, 0.15) is 17.3 Å². The minimum Gasteiger partial charge on any atom is -0.512 e. The fraction of sp³-hybridized carbons (Fsp3) is 0.222. The van der Waals surface area contributed by atoms with E-state index in [0.717, 1.165) is 5.39 Å². The molecule has 0 saturated carbocycles. The Morgan fingerprint density at radius 1 is 1.25 bits per heavy atom. The van der Waals surface area contributed by atoms with Crippen molar-refractivity contribution in [2.45, 2.75) is 25.9 Å². The molecule has 0 amide bonds. The van der Waals surface area contributed by atoms with Crippen LogP contribution < -0.4 is 10.6 Å². The fourth-order valence-corrected chi connectivity index (χ4v) is 2.97. The van der Waals surface area contributed by atoms with Gasteiger partial charge in [-0.15, -0.1) is 0 Å². The lowest BCUT2D eigenvalue weighted by Gasteiger charge is -2.14. The molecule has 1 atom stereocenters. The molecular formula is C18H16O6. The molecule has 6 heteroatoms. The van der Waals surface area contributed by atoms with Crippen LogP contribution in [0.1, 0.15) is 19.1 Å². The highest BCUT2D eigenvalue weighted by atomic mass is 16.4. The lowest BCUT2D eigenvalue weighted by Crippen LogP contribution is -2.27. The van der Waals surface area contributed by atoms with Gasteiger partial charge in [-0.05, 0) is 18.4 Å². The van der Waals surface area contributed by atoms with Crippen LogP contribution in [0.2, 0.25) is 0 Å². The second kappa shape index (κ2) is 5.98. The summed E-state index contributed by atoms with van der Waals surface area (Å²) in [5.41, 5.74) is 0.346. The van der Waals surface area contributed by atoms with Gasteiger partial charge in [0.25, 0.3) is 0 Å². The normalized spacial score (nSPS) is 14.1. The Balaban J connectivity index is 2.22.